The van der Waals surface area contributed by atoms with Crippen LogP contribution in [0.25, 0.3) is 10.9 Å². The highest BCUT2D eigenvalue weighted by Gasteiger charge is 2.14. The number of nitrogens with two attached hydrogens (primary N) is 1. The van der Waals surface area contributed by atoms with Crippen LogP contribution in [0.5, 0.6) is 11.5 Å². The van der Waals surface area contributed by atoms with Gasteiger partial charge in [-0.2, -0.15) is 0 Å². The van der Waals surface area contributed by atoms with Crippen molar-refractivity contribution in [2.24, 2.45) is 5.73 Å². The van der Waals surface area contributed by atoms with Crippen molar-refractivity contribution in [1.82, 2.24) is 20.5 Å². The number of benzene rings is 2. The predicted octanol–water partition coefficient (Wildman–Crippen LogP) is 2.85. The number of fused-ring (bicyclic) bond motifs is 1. The number of rotatable bonds is 11. The zero-order chi connectivity index (χ0) is 25.4. The molecule has 35 heavy (non-hydrogen) atoms. The Kier molecular flexibility index (Phi) is 8.86. The van der Waals surface area contributed by atoms with Crippen molar-refractivity contribution in [3.05, 3.63) is 70.5 Å². The number of aryl methyl sites for hydroxylation is 1. The Balaban J connectivity index is 1.87. The molecule has 0 bridgehead atoms. The van der Waals surface area contributed by atoms with Crippen molar-refractivity contribution in [1.29, 1.82) is 0 Å². The SMILES string of the molecule is CC(C)NC(=O)NCCCn1c(=O)c(CNC(C)C(N)=O)cc2ccc(Oc3ccccc3)cc21. The first-order valence-electron chi connectivity index (χ1n) is 11.7. The van der Waals surface area contributed by atoms with E-state index in [1.54, 1.807) is 11.5 Å². The second-order valence-electron chi connectivity index (χ2n) is 8.68. The molecule has 3 rings (SSSR count). The van der Waals surface area contributed by atoms with Crippen LogP contribution in [-0.2, 0) is 17.9 Å². The van der Waals surface area contributed by atoms with E-state index in [1.165, 1.54) is 0 Å². The number of urea groups is 1. The summed E-state index contributed by atoms with van der Waals surface area (Å²) < 4.78 is 7.65. The van der Waals surface area contributed by atoms with Crippen LogP contribution in [-0.4, -0.2) is 35.1 Å². The Labute approximate surface area is 204 Å². The number of para-hydroxylation sites is 1. The second kappa shape index (κ2) is 12.0. The highest BCUT2D eigenvalue weighted by atomic mass is 16.5. The number of amides is 3. The maximum Gasteiger partial charge on any atom is 0.314 e. The van der Waals surface area contributed by atoms with Gasteiger partial charge in [0, 0.05) is 37.3 Å². The largest absolute Gasteiger partial charge is 0.457 e. The molecule has 1 unspecified atom stereocenters. The van der Waals surface area contributed by atoms with Gasteiger partial charge < -0.3 is 31.0 Å². The van der Waals surface area contributed by atoms with Crippen molar-refractivity contribution >= 4 is 22.8 Å². The monoisotopic (exact) mass is 479 g/mol. The van der Waals surface area contributed by atoms with Crippen LogP contribution >= 0.6 is 0 Å². The van der Waals surface area contributed by atoms with E-state index in [0.29, 0.717) is 36.6 Å². The zero-order valence-corrected chi connectivity index (χ0v) is 20.3. The fraction of sp³-hybridized carbons (Fsp3) is 0.346. The molecule has 0 radical (unpaired) electrons. The van der Waals surface area contributed by atoms with E-state index in [9.17, 15) is 14.4 Å². The van der Waals surface area contributed by atoms with Crippen LogP contribution in [0.3, 0.4) is 0 Å². The first-order chi connectivity index (χ1) is 16.7. The molecule has 1 aromatic heterocycles. The third-order valence-corrected chi connectivity index (χ3v) is 5.41. The first-order valence-corrected chi connectivity index (χ1v) is 11.7. The minimum Gasteiger partial charge on any atom is -0.457 e. The highest BCUT2D eigenvalue weighted by molar-refractivity contribution is 5.81. The van der Waals surface area contributed by atoms with Crippen LogP contribution < -0.4 is 32.0 Å². The average Bonchev–Trinajstić information content (AvgIpc) is 2.81. The van der Waals surface area contributed by atoms with Gasteiger partial charge in [-0.25, -0.2) is 4.79 Å². The standard InChI is InChI=1S/C26H33N5O4/c1-17(2)30-26(34)28-12-7-13-31-23-15-22(35-21-8-5-4-6-9-21)11-10-19(23)14-20(25(31)33)16-29-18(3)24(27)32/h4-6,8-11,14-15,17-18,29H,7,12-13,16H2,1-3H3,(H2,27,32)(H2,28,30,34). The van der Waals surface area contributed by atoms with Crippen molar-refractivity contribution in [3.63, 3.8) is 0 Å². The van der Waals surface area contributed by atoms with Gasteiger partial charge in [0.05, 0.1) is 11.6 Å². The van der Waals surface area contributed by atoms with Gasteiger partial charge >= 0.3 is 6.03 Å². The Hall–Kier alpha value is -3.85. The van der Waals surface area contributed by atoms with Gasteiger partial charge in [0.15, 0.2) is 0 Å². The molecule has 0 fully saturated rings. The molecule has 0 saturated heterocycles. The number of nitrogens with zero attached hydrogens (tertiary/aromatic N) is 1. The van der Waals surface area contributed by atoms with Crippen LogP contribution in [0.15, 0.2) is 59.4 Å². The number of hydrogen-bond donors (Lipinski definition) is 4. The summed E-state index contributed by atoms with van der Waals surface area (Å²) in [6.45, 7) is 6.44. The molecule has 186 valence electrons. The number of primary amides is 1. The number of aromatic nitrogens is 1. The minimum absolute atomic E-state index is 0.0385. The number of ether oxygens (including phenoxy) is 1. The third kappa shape index (κ3) is 7.31. The molecule has 3 aromatic rings. The summed E-state index contributed by atoms with van der Waals surface area (Å²) in [5.74, 6) is 0.821. The van der Waals surface area contributed by atoms with Crippen LogP contribution in [0, 0.1) is 0 Å². The molecule has 3 amide bonds. The Bertz CT molecular complexity index is 1220. The van der Waals surface area contributed by atoms with Crippen molar-refractivity contribution in [2.75, 3.05) is 6.54 Å². The summed E-state index contributed by atoms with van der Waals surface area (Å²) >= 11 is 0. The van der Waals surface area contributed by atoms with Gasteiger partial charge in [0.25, 0.3) is 5.56 Å². The van der Waals surface area contributed by atoms with Crippen molar-refractivity contribution in [3.8, 4) is 11.5 Å². The Morgan fingerprint density at radius 3 is 2.46 bits per heavy atom. The van der Waals surface area contributed by atoms with E-state index >= 15 is 0 Å². The van der Waals surface area contributed by atoms with E-state index in [0.717, 1.165) is 10.9 Å². The lowest BCUT2D eigenvalue weighted by Gasteiger charge is -2.16. The van der Waals surface area contributed by atoms with E-state index < -0.39 is 11.9 Å². The summed E-state index contributed by atoms with van der Waals surface area (Å²) in [5.41, 5.74) is 6.40. The summed E-state index contributed by atoms with van der Waals surface area (Å²) in [5, 5.41) is 9.44. The van der Waals surface area contributed by atoms with Crippen molar-refractivity contribution < 1.29 is 14.3 Å². The van der Waals surface area contributed by atoms with E-state index in [-0.39, 0.29) is 24.2 Å². The Morgan fingerprint density at radius 2 is 1.77 bits per heavy atom. The first kappa shape index (κ1) is 25.8. The third-order valence-electron chi connectivity index (χ3n) is 5.41. The fourth-order valence-corrected chi connectivity index (χ4v) is 3.56. The maximum absolute atomic E-state index is 13.4. The summed E-state index contributed by atoms with van der Waals surface area (Å²) in [6, 6.07) is 16.1. The minimum atomic E-state index is -0.566. The van der Waals surface area contributed by atoms with Crippen LogP contribution in [0.2, 0.25) is 0 Å². The molecule has 1 atom stereocenters. The molecule has 0 aliphatic heterocycles. The molecule has 0 aliphatic carbocycles. The number of hydrogen-bond acceptors (Lipinski definition) is 5. The van der Waals surface area contributed by atoms with Crippen LogP contribution in [0.1, 0.15) is 32.8 Å². The summed E-state index contributed by atoms with van der Waals surface area (Å²) in [7, 11) is 0. The van der Waals surface area contributed by atoms with Gasteiger partial charge in [-0.05, 0) is 62.9 Å². The molecule has 1 heterocycles. The summed E-state index contributed by atoms with van der Waals surface area (Å²) in [6.07, 6.45) is 0.554. The molecule has 5 N–H and O–H groups in total. The number of pyridine rings is 1. The summed E-state index contributed by atoms with van der Waals surface area (Å²) in [4.78, 5) is 36.6. The second-order valence-corrected chi connectivity index (χ2v) is 8.68. The van der Waals surface area contributed by atoms with Gasteiger partial charge in [0.1, 0.15) is 11.5 Å². The van der Waals surface area contributed by atoms with E-state index in [2.05, 4.69) is 16.0 Å². The zero-order valence-electron chi connectivity index (χ0n) is 20.3. The van der Waals surface area contributed by atoms with Crippen LogP contribution in [0.4, 0.5) is 4.79 Å². The van der Waals surface area contributed by atoms with E-state index in [4.69, 9.17) is 10.5 Å². The lowest BCUT2D eigenvalue weighted by molar-refractivity contribution is -0.119. The molecular weight excluding hydrogens is 446 g/mol. The lowest BCUT2D eigenvalue weighted by Crippen LogP contribution is -2.40. The fourth-order valence-electron chi connectivity index (χ4n) is 3.56. The highest BCUT2D eigenvalue weighted by Crippen LogP contribution is 2.25. The maximum atomic E-state index is 13.4. The lowest BCUT2D eigenvalue weighted by atomic mass is 10.1. The molecule has 0 aliphatic rings. The van der Waals surface area contributed by atoms with Gasteiger partial charge in [-0.3, -0.25) is 9.59 Å². The van der Waals surface area contributed by atoms with E-state index in [1.807, 2.05) is 68.4 Å². The predicted molar refractivity (Wildman–Crippen MR) is 137 cm³/mol. The van der Waals surface area contributed by atoms with Crippen molar-refractivity contribution in [2.45, 2.75) is 52.4 Å². The molecule has 9 heteroatoms. The topological polar surface area (TPSA) is 127 Å². The molecule has 0 spiro atoms. The number of carbonyl (C=O) groups is 2. The molecular formula is C26H33N5O4. The van der Waals surface area contributed by atoms with Gasteiger partial charge in [0.2, 0.25) is 5.91 Å². The number of carbonyl (C=O) groups excluding carboxylic acids is 2. The average molecular weight is 480 g/mol. The quantitative estimate of drug-likeness (QED) is 0.315. The molecule has 2 aromatic carbocycles. The smallest absolute Gasteiger partial charge is 0.314 e. The van der Waals surface area contributed by atoms with Gasteiger partial charge in [-0.1, -0.05) is 18.2 Å². The van der Waals surface area contributed by atoms with Gasteiger partial charge in [-0.15, -0.1) is 0 Å². The molecule has 0 saturated carbocycles. The molecule has 9 nitrogen and oxygen atoms in total. The Morgan fingerprint density at radius 1 is 1.03 bits per heavy atom. The normalized spacial score (nSPS) is 11.9. The number of nitrogens with one attached hydrogen (secondary N) is 3.